The van der Waals surface area contributed by atoms with Crippen LogP contribution < -0.4 is 5.48 Å². The molecule has 0 aliphatic carbocycles. The van der Waals surface area contributed by atoms with Gasteiger partial charge in [-0.15, -0.1) is 0 Å². The molecule has 0 atom stereocenters. The van der Waals surface area contributed by atoms with E-state index in [4.69, 9.17) is 15.1 Å². The van der Waals surface area contributed by atoms with Crippen LogP contribution in [0.3, 0.4) is 0 Å². The molecule has 4 nitrogen and oxygen atoms in total. The maximum Gasteiger partial charge on any atom is 0.510 e. The number of quaternary nitrogens is 1. The Morgan fingerprint density at radius 2 is 2.20 bits per heavy atom. The molecule has 0 saturated heterocycles. The first kappa shape index (κ1) is 4.39. The molecule has 0 aliphatic heterocycles. The van der Waals surface area contributed by atoms with E-state index >= 15 is 0 Å². The lowest BCUT2D eigenvalue weighted by molar-refractivity contribution is -0.497. The number of hydrogen-bond acceptors (Lipinski definition) is 2. The molecule has 0 radical (unpaired) electrons. The van der Waals surface area contributed by atoms with Crippen LogP contribution in [0.25, 0.3) is 0 Å². The molecule has 0 aromatic rings. The van der Waals surface area contributed by atoms with E-state index in [1.54, 1.807) is 0 Å². The van der Waals surface area contributed by atoms with Crippen molar-refractivity contribution < 1.29 is 15.4 Å². The minimum absolute atomic E-state index is 0.167. The number of hydroxylamine groups is 1. The van der Waals surface area contributed by atoms with Crippen LogP contribution in [-0.4, -0.2) is 11.2 Å². The first-order valence-corrected chi connectivity index (χ1v) is 0.952. The molecule has 3 N–H and O–H groups in total. The Hall–Kier alpha value is -0.610. The van der Waals surface area contributed by atoms with Crippen molar-refractivity contribution in [3.05, 3.63) is 5.21 Å². The lowest BCUT2D eigenvalue weighted by Gasteiger charge is -1.84. The van der Waals surface area contributed by atoms with E-state index in [-0.39, 0.29) is 5.48 Å². The summed E-state index contributed by atoms with van der Waals surface area (Å²) in [5, 5.41) is 16.3. The lowest BCUT2D eigenvalue weighted by Crippen LogP contribution is -2.81. The Kier molecular flexibility index (Phi) is 1.48. The van der Waals surface area contributed by atoms with Crippen LogP contribution in [0.15, 0.2) is 0 Å². The molecular weight excluding hydrogens is 74.0 g/mol. The Labute approximate surface area is 28.0 Å². The second kappa shape index (κ2) is 1.68. The van der Waals surface area contributed by atoms with Crippen molar-refractivity contribution in [2.45, 2.75) is 0 Å². The van der Waals surface area contributed by atoms with E-state index < -0.39 is 6.09 Å². The zero-order valence-corrected chi connectivity index (χ0v) is 2.34. The van der Waals surface area contributed by atoms with Crippen molar-refractivity contribution in [3.8, 4) is 0 Å². The average Bonchev–Trinajstić information content (AvgIpc) is 1.38. The van der Waals surface area contributed by atoms with Crippen molar-refractivity contribution in [3.63, 3.8) is 0 Å². The summed E-state index contributed by atoms with van der Waals surface area (Å²) in [5.74, 6) is 0. The van der Waals surface area contributed by atoms with Crippen molar-refractivity contribution in [2.75, 3.05) is 0 Å². The molecule has 0 spiro atoms. The molecule has 0 unspecified atom stereocenters. The summed E-state index contributed by atoms with van der Waals surface area (Å²) in [6, 6.07) is 0. The van der Waals surface area contributed by atoms with Gasteiger partial charge in [-0.2, -0.15) is 4.79 Å². The maximum absolute atomic E-state index is 9.00. The maximum atomic E-state index is 9.00. The molecule has 0 bridgehead atoms. The summed E-state index contributed by atoms with van der Waals surface area (Å²) >= 11 is 0. The van der Waals surface area contributed by atoms with Gasteiger partial charge in [0, 0.05) is 0 Å². The number of amides is 1. The van der Waals surface area contributed by atoms with E-state index in [9.17, 15) is 0 Å². The Morgan fingerprint density at radius 1 is 2.00 bits per heavy atom. The first-order chi connectivity index (χ1) is 2.27. The SMILES string of the molecule is O=C(O)[NH2+][O-]. The Bertz CT molecular complexity index is 42.2. The summed E-state index contributed by atoms with van der Waals surface area (Å²) in [6.07, 6.45) is -1.43. The third kappa shape index (κ3) is 3.39. The summed E-state index contributed by atoms with van der Waals surface area (Å²) in [5.41, 5.74) is -0.167. The molecule has 0 heterocycles. The van der Waals surface area contributed by atoms with Gasteiger partial charge >= 0.3 is 6.09 Å². The van der Waals surface area contributed by atoms with Crippen LogP contribution in [0.2, 0.25) is 0 Å². The normalized spacial score (nSPS) is 7.40. The highest BCUT2D eigenvalue weighted by Gasteiger charge is 1.81. The first-order valence-electron chi connectivity index (χ1n) is 0.952. The number of carbonyl (C=O) groups is 1. The fourth-order valence-corrected chi connectivity index (χ4v) is 0. The van der Waals surface area contributed by atoms with Gasteiger partial charge in [0.25, 0.3) is 0 Å². The third-order valence-electron chi connectivity index (χ3n) is 0.101. The molecule has 0 aromatic heterocycles. The molecular formula is CH3NO3. The van der Waals surface area contributed by atoms with Crippen molar-refractivity contribution >= 4 is 6.09 Å². The van der Waals surface area contributed by atoms with Crippen LogP contribution >= 0.6 is 0 Å². The van der Waals surface area contributed by atoms with Gasteiger partial charge in [-0.1, -0.05) is 0 Å². The number of nitrogens with two attached hydrogens (primary N) is 1. The number of rotatable bonds is 0. The van der Waals surface area contributed by atoms with Gasteiger partial charge in [-0.05, 0) is 0 Å². The van der Waals surface area contributed by atoms with E-state index in [0.29, 0.717) is 0 Å². The van der Waals surface area contributed by atoms with Crippen molar-refractivity contribution in [2.24, 2.45) is 0 Å². The van der Waals surface area contributed by atoms with Gasteiger partial charge in [-0.3, -0.25) is 5.48 Å². The minimum atomic E-state index is -1.43. The smallest absolute Gasteiger partial charge is 0.510 e. The largest absolute Gasteiger partial charge is 0.626 e. The van der Waals surface area contributed by atoms with Crippen LogP contribution in [0, 0.1) is 5.21 Å². The van der Waals surface area contributed by atoms with Gasteiger partial charge in [0.05, 0.1) is 0 Å². The number of primary amides is 1. The van der Waals surface area contributed by atoms with Gasteiger partial charge in [0.15, 0.2) is 0 Å². The Morgan fingerprint density at radius 3 is 2.20 bits per heavy atom. The zero-order chi connectivity index (χ0) is 4.28. The predicted molar refractivity (Wildman–Crippen MR) is 13.3 cm³/mol. The van der Waals surface area contributed by atoms with Crippen LogP contribution in [0.1, 0.15) is 0 Å². The number of carboxylic acid groups (broad SMARTS) is 1. The molecule has 0 rings (SSSR count). The average molecular weight is 77.0 g/mol. The van der Waals surface area contributed by atoms with E-state index in [1.807, 2.05) is 0 Å². The summed E-state index contributed by atoms with van der Waals surface area (Å²) in [6.45, 7) is 0. The third-order valence-corrected chi connectivity index (χ3v) is 0.101. The summed E-state index contributed by atoms with van der Waals surface area (Å²) in [7, 11) is 0. The summed E-state index contributed by atoms with van der Waals surface area (Å²) in [4.78, 5) is 9.00. The van der Waals surface area contributed by atoms with Crippen LogP contribution in [0.5, 0.6) is 0 Å². The lowest BCUT2D eigenvalue weighted by atomic mass is 11.3. The molecule has 0 aliphatic rings. The van der Waals surface area contributed by atoms with Gasteiger partial charge in [0.2, 0.25) is 0 Å². The van der Waals surface area contributed by atoms with Crippen molar-refractivity contribution in [1.29, 1.82) is 0 Å². The van der Waals surface area contributed by atoms with E-state index in [1.165, 1.54) is 0 Å². The van der Waals surface area contributed by atoms with Gasteiger partial charge in [0.1, 0.15) is 0 Å². The standard InChI is InChI=1S/CH3NO3/c3-1(4)2-5/h2H2,(H,3,4). The molecule has 30 valence electrons. The van der Waals surface area contributed by atoms with E-state index in [0.717, 1.165) is 0 Å². The second-order valence-corrected chi connectivity index (χ2v) is 0.456. The number of hydrogen-bond donors (Lipinski definition) is 2. The topological polar surface area (TPSA) is 77.0 Å². The highest BCUT2D eigenvalue weighted by atomic mass is 16.5. The molecule has 0 aromatic carbocycles. The predicted octanol–water partition coefficient (Wildman–Crippen LogP) is -1.27. The van der Waals surface area contributed by atoms with Crippen molar-refractivity contribution in [1.82, 2.24) is 0 Å². The summed E-state index contributed by atoms with van der Waals surface area (Å²) < 4.78 is 0. The fourth-order valence-electron chi connectivity index (χ4n) is 0. The highest BCUT2D eigenvalue weighted by molar-refractivity contribution is 5.52. The Balaban J connectivity index is 2.85. The second-order valence-electron chi connectivity index (χ2n) is 0.456. The quantitative estimate of drug-likeness (QED) is 0.354. The fraction of sp³-hybridized carbons (Fsp3) is 0. The molecule has 0 saturated carbocycles. The van der Waals surface area contributed by atoms with E-state index in [2.05, 4.69) is 0 Å². The van der Waals surface area contributed by atoms with Gasteiger partial charge < -0.3 is 10.3 Å². The molecule has 5 heavy (non-hydrogen) atoms. The zero-order valence-electron chi connectivity index (χ0n) is 2.34. The highest BCUT2D eigenvalue weighted by Crippen LogP contribution is 1.33. The minimum Gasteiger partial charge on any atom is -0.626 e. The van der Waals surface area contributed by atoms with Crippen LogP contribution in [-0.2, 0) is 0 Å². The molecule has 1 amide bonds. The van der Waals surface area contributed by atoms with Gasteiger partial charge in [-0.25, -0.2) is 0 Å². The molecule has 4 heteroatoms. The van der Waals surface area contributed by atoms with Crippen LogP contribution in [0.4, 0.5) is 4.79 Å². The molecule has 0 fully saturated rings. The monoisotopic (exact) mass is 77.0 g/mol.